The molecule has 0 bridgehead atoms. The van der Waals surface area contributed by atoms with Gasteiger partial charge in [-0.25, -0.2) is 0 Å². The van der Waals surface area contributed by atoms with Gasteiger partial charge in [0.25, 0.3) is 11.6 Å². The number of nitro benzene ring substituents is 1. The molecule has 0 heterocycles. The number of rotatable bonds is 9. The number of carbonyl (C=O) groups excluding carboxylic acids is 1. The lowest BCUT2D eigenvalue weighted by atomic mass is 10.1. The molecule has 0 aliphatic carbocycles. The molecule has 3 rings (SSSR count). The van der Waals surface area contributed by atoms with E-state index in [0.29, 0.717) is 34.9 Å². The van der Waals surface area contributed by atoms with E-state index in [1.54, 1.807) is 30.3 Å². The van der Waals surface area contributed by atoms with Crippen LogP contribution in [0.2, 0.25) is 0 Å². The van der Waals surface area contributed by atoms with Gasteiger partial charge in [0.05, 0.1) is 11.5 Å². The highest BCUT2D eigenvalue weighted by Crippen LogP contribution is 2.30. The van der Waals surface area contributed by atoms with E-state index in [-0.39, 0.29) is 17.9 Å². The van der Waals surface area contributed by atoms with Crippen LogP contribution in [0.25, 0.3) is 6.08 Å². The zero-order valence-corrected chi connectivity index (χ0v) is 19.7. The second-order valence-corrected chi connectivity index (χ2v) is 7.80. The Morgan fingerprint density at radius 3 is 2.60 bits per heavy atom. The summed E-state index contributed by atoms with van der Waals surface area (Å²) in [6, 6.07) is 18.9. The second-order valence-electron chi connectivity index (χ2n) is 7.80. The van der Waals surface area contributed by atoms with Gasteiger partial charge < -0.3 is 14.8 Å². The van der Waals surface area contributed by atoms with E-state index in [4.69, 9.17) is 9.47 Å². The van der Waals surface area contributed by atoms with Crippen LogP contribution in [0.1, 0.15) is 29.2 Å². The van der Waals surface area contributed by atoms with E-state index in [1.807, 2.05) is 45.0 Å². The average molecular weight is 472 g/mol. The average Bonchev–Trinajstić information content (AvgIpc) is 2.84. The van der Waals surface area contributed by atoms with E-state index in [1.165, 1.54) is 18.2 Å². The molecule has 8 heteroatoms. The molecule has 0 saturated heterocycles. The first-order chi connectivity index (χ1) is 16.8. The molecule has 0 aliphatic heterocycles. The highest BCUT2D eigenvalue weighted by Gasteiger charge is 2.13. The molecule has 0 atom stereocenters. The number of nitrogens with one attached hydrogen (secondary N) is 1. The molecule has 0 radical (unpaired) electrons. The number of hydrogen-bond acceptors (Lipinski definition) is 6. The Kier molecular flexibility index (Phi) is 8.20. The molecule has 0 unspecified atom stereocenters. The third kappa shape index (κ3) is 6.68. The van der Waals surface area contributed by atoms with Crippen LogP contribution in [-0.4, -0.2) is 17.4 Å². The maximum Gasteiger partial charge on any atom is 0.269 e. The molecular formula is C27H25N3O5. The van der Waals surface area contributed by atoms with Crippen LogP contribution in [0.3, 0.4) is 0 Å². The summed E-state index contributed by atoms with van der Waals surface area (Å²) in [4.78, 5) is 23.2. The fourth-order valence-electron chi connectivity index (χ4n) is 3.30. The first-order valence-corrected chi connectivity index (χ1v) is 10.9. The van der Waals surface area contributed by atoms with E-state index < -0.39 is 10.8 Å². The summed E-state index contributed by atoms with van der Waals surface area (Å²) < 4.78 is 11.5. The number of nitro groups is 1. The molecule has 0 fully saturated rings. The molecule has 0 aromatic heterocycles. The lowest BCUT2D eigenvalue weighted by Crippen LogP contribution is -2.14. The molecule has 3 aromatic rings. The maximum atomic E-state index is 12.7. The lowest BCUT2D eigenvalue weighted by molar-refractivity contribution is -0.384. The van der Waals surface area contributed by atoms with Gasteiger partial charge in [-0.1, -0.05) is 30.3 Å². The van der Waals surface area contributed by atoms with Crippen molar-refractivity contribution in [3.63, 3.8) is 0 Å². The fourth-order valence-corrected chi connectivity index (χ4v) is 3.30. The summed E-state index contributed by atoms with van der Waals surface area (Å²) in [5.74, 6) is 0.359. The predicted octanol–water partition coefficient (Wildman–Crippen LogP) is 5.74. The SMILES string of the molecule is CCOc1cc(/C=C(\C#N)C(=O)Nc2cc(C)ccc2C)ccc1OCc1cccc([N+](=O)[O-])c1. The molecule has 0 saturated carbocycles. The molecule has 3 aromatic carbocycles. The molecular weight excluding hydrogens is 446 g/mol. The van der Waals surface area contributed by atoms with Gasteiger partial charge in [0.1, 0.15) is 18.2 Å². The van der Waals surface area contributed by atoms with Gasteiger partial charge in [-0.3, -0.25) is 14.9 Å². The second kappa shape index (κ2) is 11.5. The van der Waals surface area contributed by atoms with Crippen molar-refractivity contribution in [2.75, 3.05) is 11.9 Å². The van der Waals surface area contributed by atoms with Crippen molar-refractivity contribution in [3.8, 4) is 17.6 Å². The normalized spacial score (nSPS) is 10.9. The smallest absolute Gasteiger partial charge is 0.269 e. The first kappa shape index (κ1) is 25.0. The number of nitriles is 1. The highest BCUT2D eigenvalue weighted by atomic mass is 16.6. The van der Waals surface area contributed by atoms with Crippen molar-refractivity contribution >= 4 is 23.4 Å². The maximum absolute atomic E-state index is 12.7. The number of carbonyl (C=O) groups is 1. The summed E-state index contributed by atoms with van der Waals surface area (Å²) in [7, 11) is 0. The zero-order chi connectivity index (χ0) is 25.4. The third-order valence-electron chi connectivity index (χ3n) is 5.10. The Labute approximate surface area is 203 Å². The summed E-state index contributed by atoms with van der Waals surface area (Å²) in [6.45, 7) is 6.11. The summed E-state index contributed by atoms with van der Waals surface area (Å²) in [5.41, 5.74) is 3.69. The van der Waals surface area contributed by atoms with Crippen LogP contribution < -0.4 is 14.8 Å². The Bertz CT molecular complexity index is 1320. The van der Waals surface area contributed by atoms with Gasteiger partial charge in [-0.2, -0.15) is 5.26 Å². The minimum absolute atomic E-state index is 0.0141. The zero-order valence-electron chi connectivity index (χ0n) is 19.7. The number of aryl methyl sites for hydroxylation is 2. The van der Waals surface area contributed by atoms with Crippen molar-refractivity contribution in [2.24, 2.45) is 0 Å². The number of ether oxygens (including phenoxy) is 2. The van der Waals surface area contributed by atoms with Crippen LogP contribution in [0.5, 0.6) is 11.5 Å². The van der Waals surface area contributed by atoms with E-state index in [2.05, 4.69) is 5.32 Å². The Morgan fingerprint density at radius 1 is 1.09 bits per heavy atom. The molecule has 1 N–H and O–H groups in total. The van der Waals surface area contributed by atoms with Crippen LogP contribution in [-0.2, 0) is 11.4 Å². The molecule has 0 aliphatic rings. The predicted molar refractivity (Wildman–Crippen MR) is 133 cm³/mol. The van der Waals surface area contributed by atoms with Crippen LogP contribution in [0.15, 0.2) is 66.2 Å². The van der Waals surface area contributed by atoms with Crippen molar-refractivity contribution in [1.29, 1.82) is 5.26 Å². The number of hydrogen-bond donors (Lipinski definition) is 1. The van der Waals surface area contributed by atoms with E-state index in [0.717, 1.165) is 11.1 Å². The fraction of sp³-hybridized carbons (Fsp3) is 0.185. The monoisotopic (exact) mass is 471 g/mol. The number of benzene rings is 3. The van der Waals surface area contributed by atoms with Crippen molar-refractivity contribution in [2.45, 2.75) is 27.4 Å². The quantitative estimate of drug-likeness (QED) is 0.184. The van der Waals surface area contributed by atoms with Crippen LogP contribution in [0.4, 0.5) is 11.4 Å². The van der Waals surface area contributed by atoms with Crippen molar-refractivity contribution in [3.05, 3.63) is 98.6 Å². The number of amides is 1. The van der Waals surface area contributed by atoms with Crippen LogP contribution in [0, 0.1) is 35.3 Å². The van der Waals surface area contributed by atoms with Crippen molar-refractivity contribution in [1.82, 2.24) is 0 Å². The Morgan fingerprint density at radius 2 is 1.89 bits per heavy atom. The highest BCUT2D eigenvalue weighted by molar-refractivity contribution is 6.10. The lowest BCUT2D eigenvalue weighted by Gasteiger charge is -2.13. The molecule has 35 heavy (non-hydrogen) atoms. The standard InChI is InChI=1S/C27H25N3O5/c1-4-34-26-15-20(10-11-25(26)35-17-21-6-5-7-23(14-21)30(32)33)13-22(16-28)27(31)29-24-12-18(2)8-9-19(24)3/h5-15H,4,17H2,1-3H3,(H,29,31)/b22-13+. The number of nitrogens with zero attached hydrogens (tertiary/aromatic N) is 2. The van der Waals surface area contributed by atoms with Crippen LogP contribution >= 0.6 is 0 Å². The van der Waals surface area contributed by atoms with Gasteiger partial charge >= 0.3 is 0 Å². The van der Waals surface area contributed by atoms with Gasteiger partial charge in [0.2, 0.25) is 0 Å². The van der Waals surface area contributed by atoms with Gasteiger partial charge in [0.15, 0.2) is 11.5 Å². The minimum atomic E-state index is -0.509. The third-order valence-corrected chi connectivity index (χ3v) is 5.10. The summed E-state index contributed by atoms with van der Waals surface area (Å²) in [6.07, 6.45) is 1.48. The number of anilines is 1. The van der Waals surface area contributed by atoms with E-state index in [9.17, 15) is 20.2 Å². The summed E-state index contributed by atoms with van der Waals surface area (Å²) in [5, 5.41) is 23.4. The summed E-state index contributed by atoms with van der Waals surface area (Å²) >= 11 is 0. The van der Waals surface area contributed by atoms with E-state index >= 15 is 0 Å². The molecule has 0 spiro atoms. The Hall–Kier alpha value is -4.64. The minimum Gasteiger partial charge on any atom is -0.490 e. The molecule has 178 valence electrons. The van der Waals surface area contributed by atoms with Gasteiger partial charge in [-0.15, -0.1) is 0 Å². The number of non-ortho nitro benzene ring substituents is 1. The largest absolute Gasteiger partial charge is 0.490 e. The molecule has 8 nitrogen and oxygen atoms in total. The van der Waals surface area contributed by atoms with Gasteiger partial charge in [0, 0.05) is 17.8 Å². The molecule has 1 amide bonds. The topological polar surface area (TPSA) is 114 Å². The van der Waals surface area contributed by atoms with Gasteiger partial charge in [-0.05, 0) is 67.3 Å². The van der Waals surface area contributed by atoms with Crippen molar-refractivity contribution < 1.29 is 19.2 Å². The first-order valence-electron chi connectivity index (χ1n) is 10.9. The Balaban J connectivity index is 1.80.